The highest BCUT2D eigenvalue weighted by Crippen LogP contribution is 2.14. The Morgan fingerprint density at radius 1 is 1.50 bits per heavy atom. The predicted octanol–water partition coefficient (Wildman–Crippen LogP) is 1.21. The molecule has 0 saturated heterocycles. The molecule has 1 aromatic heterocycles. The fourth-order valence-corrected chi connectivity index (χ4v) is 2.02. The molecule has 0 saturated carbocycles. The zero-order chi connectivity index (χ0) is 12.2. The van der Waals surface area contributed by atoms with Crippen LogP contribution in [0.4, 0.5) is 5.69 Å². The summed E-state index contributed by atoms with van der Waals surface area (Å²) in [5, 5.41) is 2.67. The highest BCUT2D eigenvalue weighted by molar-refractivity contribution is 9.09. The second-order valence-corrected chi connectivity index (χ2v) is 5.83. The molecule has 7 heteroatoms. The van der Waals surface area contributed by atoms with Crippen LogP contribution in [0.25, 0.3) is 0 Å². The number of pyridine rings is 1. The number of hydrogen-bond donors (Lipinski definition) is 1. The summed E-state index contributed by atoms with van der Waals surface area (Å²) < 4.78 is 23.1. The van der Waals surface area contributed by atoms with Crippen molar-refractivity contribution in [2.45, 2.75) is 11.8 Å². The lowest BCUT2D eigenvalue weighted by molar-refractivity contribution is -0.113. The fraction of sp³-hybridized carbons (Fsp3) is 0.333. The molecule has 0 bridgehead atoms. The molecule has 1 heterocycles. The molecule has 0 aliphatic carbocycles. The minimum atomic E-state index is -3.29. The second-order valence-electron chi connectivity index (χ2n) is 2.99. The second kappa shape index (κ2) is 5.40. The Morgan fingerprint density at radius 3 is 2.75 bits per heavy atom. The van der Waals surface area contributed by atoms with Crippen molar-refractivity contribution in [2.24, 2.45) is 0 Å². The first-order valence-corrected chi connectivity index (χ1v) is 7.30. The molecule has 1 N–H and O–H groups in total. The van der Waals surface area contributed by atoms with Crippen LogP contribution in [0.1, 0.15) is 6.92 Å². The van der Waals surface area contributed by atoms with Crippen molar-refractivity contribution < 1.29 is 13.2 Å². The predicted molar refractivity (Wildman–Crippen MR) is 64.4 cm³/mol. The third-order valence-corrected chi connectivity index (χ3v) is 4.07. The van der Waals surface area contributed by atoms with Gasteiger partial charge in [0.1, 0.15) is 0 Å². The number of rotatable bonds is 4. The van der Waals surface area contributed by atoms with Crippen LogP contribution in [0.3, 0.4) is 0 Å². The summed E-state index contributed by atoms with van der Waals surface area (Å²) in [6.45, 7) is 1.55. The number of carbonyl (C=O) groups excluding carboxylic acids is 1. The fourth-order valence-electron chi connectivity index (χ4n) is 1.02. The average molecular weight is 307 g/mol. The maximum absolute atomic E-state index is 11.5. The van der Waals surface area contributed by atoms with Gasteiger partial charge in [-0.25, -0.2) is 8.42 Å². The van der Waals surface area contributed by atoms with E-state index in [0.29, 0.717) is 5.69 Å². The molecule has 0 unspecified atom stereocenters. The highest BCUT2D eigenvalue weighted by atomic mass is 79.9. The SMILES string of the molecule is CCS(=O)(=O)c1cncc(NC(=O)CBr)c1. The molecule has 88 valence electrons. The van der Waals surface area contributed by atoms with Crippen LogP contribution in [-0.2, 0) is 14.6 Å². The molecule has 5 nitrogen and oxygen atoms in total. The monoisotopic (exact) mass is 306 g/mol. The van der Waals surface area contributed by atoms with E-state index in [4.69, 9.17) is 0 Å². The molecular weight excluding hydrogens is 296 g/mol. The average Bonchev–Trinajstić information content (AvgIpc) is 2.29. The number of hydrogen-bond acceptors (Lipinski definition) is 4. The quantitative estimate of drug-likeness (QED) is 0.848. The van der Waals surface area contributed by atoms with Gasteiger partial charge < -0.3 is 5.32 Å². The zero-order valence-electron chi connectivity index (χ0n) is 8.60. The maximum atomic E-state index is 11.5. The number of aromatic nitrogens is 1. The number of sulfone groups is 1. The third kappa shape index (κ3) is 3.28. The molecule has 0 aliphatic rings. The van der Waals surface area contributed by atoms with Gasteiger partial charge in [-0.2, -0.15) is 0 Å². The van der Waals surface area contributed by atoms with E-state index in [1.54, 1.807) is 6.92 Å². The standard InChI is InChI=1S/C9H11BrN2O3S/c1-2-16(14,15)8-3-7(5-11-6-8)12-9(13)4-10/h3,5-6H,2,4H2,1H3,(H,12,13). The number of nitrogens with one attached hydrogen (secondary N) is 1. The molecule has 16 heavy (non-hydrogen) atoms. The highest BCUT2D eigenvalue weighted by Gasteiger charge is 2.12. The summed E-state index contributed by atoms with van der Waals surface area (Å²) in [6, 6.07) is 1.40. The van der Waals surface area contributed by atoms with E-state index in [9.17, 15) is 13.2 Å². The van der Waals surface area contributed by atoms with E-state index in [0.717, 1.165) is 0 Å². The van der Waals surface area contributed by atoms with Crippen molar-refractivity contribution in [1.82, 2.24) is 4.98 Å². The van der Waals surface area contributed by atoms with E-state index in [2.05, 4.69) is 26.2 Å². The first kappa shape index (κ1) is 13.1. The summed E-state index contributed by atoms with van der Waals surface area (Å²) in [6.07, 6.45) is 2.66. The van der Waals surface area contributed by atoms with Crippen molar-refractivity contribution in [3.05, 3.63) is 18.5 Å². The van der Waals surface area contributed by atoms with Crippen LogP contribution in [0, 0.1) is 0 Å². The topological polar surface area (TPSA) is 76.1 Å². The van der Waals surface area contributed by atoms with Gasteiger partial charge in [-0.05, 0) is 6.07 Å². The van der Waals surface area contributed by atoms with E-state index in [1.165, 1.54) is 18.5 Å². The molecule has 0 fully saturated rings. The van der Waals surface area contributed by atoms with Crippen molar-refractivity contribution >= 4 is 37.4 Å². The van der Waals surface area contributed by atoms with Crippen molar-refractivity contribution in [1.29, 1.82) is 0 Å². The minimum absolute atomic E-state index is 0.00449. The number of nitrogens with zero attached hydrogens (tertiary/aromatic N) is 1. The Labute approximate surface area is 102 Å². The van der Waals surface area contributed by atoms with Crippen LogP contribution < -0.4 is 5.32 Å². The Balaban J connectivity index is 3.00. The summed E-state index contributed by atoms with van der Waals surface area (Å²) in [7, 11) is -3.29. The Kier molecular flexibility index (Phi) is 4.43. The van der Waals surface area contributed by atoms with Crippen molar-refractivity contribution in [3.8, 4) is 0 Å². The van der Waals surface area contributed by atoms with E-state index < -0.39 is 9.84 Å². The van der Waals surface area contributed by atoms with Crippen LogP contribution in [0.5, 0.6) is 0 Å². The van der Waals surface area contributed by atoms with Gasteiger partial charge in [-0.15, -0.1) is 0 Å². The van der Waals surface area contributed by atoms with Gasteiger partial charge in [0.25, 0.3) is 0 Å². The zero-order valence-corrected chi connectivity index (χ0v) is 11.0. The lowest BCUT2D eigenvalue weighted by Gasteiger charge is -2.05. The van der Waals surface area contributed by atoms with Crippen molar-refractivity contribution in [3.63, 3.8) is 0 Å². The maximum Gasteiger partial charge on any atom is 0.235 e. The van der Waals surface area contributed by atoms with Gasteiger partial charge in [0, 0.05) is 6.20 Å². The lowest BCUT2D eigenvalue weighted by atomic mass is 10.4. The molecule has 1 rings (SSSR count). The normalized spacial score (nSPS) is 11.1. The van der Waals surface area contributed by atoms with Gasteiger partial charge in [-0.3, -0.25) is 9.78 Å². The molecule has 1 amide bonds. The van der Waals surface area contributed by atoms with Crippen LogP contribution in [0.15, 0.2) is 23.4 Å². The summed E-state index contributed by atoms with van der Waals surface area (Å²) in [5.41, 5.74) is 0.374. The number of halogens is 1. The molecular formula is C9H11BrN2O3S. The Morgan fingerprint density at radius 2 is 2.19 bits per heavy atom. The molecule has 0 radical (unpaired) electrons. The third-order valence-electron chi connectivity index (χ3n) is 1.86. The smallest absolute Gasteiger partial charge is 0.235 e. The van der Waals surface area contributed by atoms with Gasteiger partial charge in [0.05, 0.1) is 27.9 Å². The Bertz CT molecular complexity index is 487. The van der Waals surface area contributed by atoms with Gasteiger partial charge in [0.2, 0.25) is 5.91 Å². The van der Waals surface area contributed by atoms with Gasteiger partial charge in [-0.1, -0.05) is 22.9 Å². The van der Waals surface area contributed by atoms with Crippen LogP contribution in [0.2, 0.25) is 0 Å². The Hall–Kier alpha value is -0.950. The number of carbonyl (C=O) groups is 1. The van der Waals surface area contributed by atoms with Crippen LogP contribution >= 0.6 is 15.9 Å². The van der Waals surface area contributed by atoms with Gasteiger partial charge in [0.15, 0.2) is 9.84 Å². The van der Waals surface area contributed by atoms with E-state index in [1.807, 2.05) is 0 Å². The summed E-state index contributed by atoms with van der Waals surface area (Å²) in [5.74, 6) is -0.252. The first-order chi connectivity index (χ1) is 7.49. The number of anilines is 1. The molecule has 0 atom stereocenters. The minimum Gasteiger partial charge on any atom is -0.324 e. The largest absolute Gasteiger partial charge is 0.324 e. The van der Waals surface area contributed by atoms with Crippen LogP contribution in [-0.4, -0.2) is 30.4 Å². The summed E-state index contributed by atoms with van der Waals surface area (Å²) >= 11 is 2.99. The van der Waals surface area contributed by atoms with Gasteiger partial charge >= 0.3 is 0 Å². The van der Waals surface area contributed by atoms with Crippen molar-refractivity contribution in [2.75, 3.05) is 16.4 Å². The summed E-state index contributed by atoms with van der Waals surface area (Å²) in [4.78, 5) is 15.0. The number of alkyl halides is 1. The molecule has 1 aromatic rings. The first-order valence-electron chi connectivity index (χ1n) is 4.53. The van der Waals surface area contributed by atoms with E-state index in [-0.39, 0.29) is 21.9 Å². The molecule has 0 spiro atoms. The molecule has 0 aliphatic heterocycles. The molecule has 0 aromatic carbocycles. The van der Waals surface area contributed by atoms with E-state index >= 15 is 0 Å². The lowest BCUT2D eigenvalue weighted by Crippen LogP contribution is -2.13. The number of amides is 1.